The molecule has 0 heterocycles. The summed E-state index contributed by atoms with van der Waals surface area (Å²) in [6, 6.07) is 7.35. The number of amides is 1. The molecule has 0 saturated heterocycles. The van der Waals surface area contributed by atoms with Gasteiger partial charge in [-0.05, 0) is 18.6 Å². The molecular formula is C15H10Cl5NO2. The zero-order valence-electron chi connectivity index (χ0n) is 11.7. The van der Waals surface area contributed by atoms with Crippen molar-refractivity contribution in [1.82, 2.24) is 0 Å². The Bertz CT molecular complexity index is 735. The fraction of sp³-hybridized carbons (Fsp3) is 0.133. The lowest BCUT2D eigenvalue weighted by Crippen LogP contribution is -2.20. The van der Waals surface area contributed by atoms with Crippen LogP contribution in [0.5, 0.6) is 5.75 Å². The number of para-hydroxylation sites is 1. The van der Waals surface area contributed by atoms with Crippen LogP contribution in [-0.4, -0.2) is 12.5 Å². The summed E-state index contributed by atoms with van der Waals surface area (Å²) in [4.78, 5) is 12.0. The summed E-state index contributed by atoms with van der Waals surface area (Å²) < 4.78 is 5.35. The first-order valence-electron chi connectivity index (χ1n) is 6.32. The van der Waals surface area contributed by atoms with Crippen molar-refractivity contribution < 1.29 is 9.53 Å². The molecule has 1 amide bonds. The summed E-state index contributed by atoms with van der Waals surface area (Å²) in [7, 11) is 0. The van der Waals surface area contributed by atoms with E-state index in [2.05, 4.69) is 5.32 Å². The lowest BCUT2D eigenvalue weighted by atomic mass is 10.2. The molecule has 2 aromatic rings. The van der Waals surface area contributed by atoms with Gasteiger partial charge in [0.05, 0.1) is 15.1 Å². The second-order valence-electron chi connectivity index (χ2n) is 4.55. The summed E-state index contributed by atoms with van der Waals surface area (Å²) in [5.41, 5.74) is 1.61. The number of benzene rings is 2. The zero-order valence-corrected chi connectivity index (χ0v) is 15.5. The van der Waals surface area contributed by atoms with Gasteiger partial charge in [-0.1, -0.05) is 76.2 Å². The Morgan fingerprint density at radius 2 is 1.48 bits per heavy atom. The Balaban J connectivity index is 2.13. The Morgan fingerprint density at radius 1 is 0.957 bits per heavy atom. The number of aryl methyl sites for hydroxylation is 1. The van der Waals surface area contributed by atoms with Crippen molar-refractivity contribution in [2.45, 2.75) is 6.92 Å². The van der Waals surface area contributed by atoms with E-state index in [1.54, 1.807) is 6.07 Å². The van der Waals surface area contributed by atoms with Crippen LogP contribution in [0.2, 0.25) is 25.1 Å². The number of ether oxygens (including phenoxy) is 1. The van der Waals surface area contributed by atoms with Gasteiger partial charge >= 0.3 is 0 Å². The van der Waals surface area contributed by atoms with Crippen molar-refractivity contribution in [3.05, 3.63) is 54.9 Å². The number of anilines is 1. The summed E-state index contributed by atoms with van der Waals surface area (Å²) in [6.07, 6.45) is 0. The van der Waals surface area contributed by atoms with Gasteiger partial charge in [-0.25, -0.2) is 0 Å². The highest BCUT2D eigenvalue weighted by Gasteiger charge is 2.21. The van der Waals surface area contributed by atoms with Gasteiger partial charge in [-0.3, -0.25) is 4.79 Å². The van der Waals surface area contributed by atoms with E-state index in [4.69, 9.17) is 62.7 Å². The average Bonchev–Trinajstić information content (AvgIpc) is 2.53. The number of carbonyl (C=O) groups excluding carboxylic acids is 1. The molecule has 0 bridgehead atoms. The fourth-order valence-electron chi connectivity index (χ4n) is 1.75. The van der Waals surface area contributed by atoms with Gasteiger partial charge < -0.3 is 10.1 Å². The van der Waals surface area contributed by atoms with E-state index >= 15 is 0 Å². The molecule has 2 aromatic carbocycles. The van der Waals surface area contributed by atoms with Crippen molar-refractivity contribution in [1.29, 1.82) is 0 Å². The fourth-order valence-corrected chi connectivity index (χ4v) is 2.98. The zero-order chi connectivity index (χ0) is 17.1. The van der Waals surface area contributed by atoms with E-state index in [-0.39, 0.29) is 43.4 Å². The molecule has 1 N–H and O–H groups in total. The van der Waals surface area contributed by atoms with E-state index < -0.39 is 0 Å². The van der Waals surface area contributed by atoms with Crippen LogP contribution in [0.4, 0.5) is 5.69 Å². The second kappa shape index (κ2) is 7.82. The third-order valence-electron chi connectivity index (χ3n) is 2.94. The summed E-state index contributed by atoms with van der Waals surface area (Å²) in [5, 5.41) is 2.76. The predicted octanol–water partition coefficient (Wildman–Crippen LogP) is 6.28. The molecule has 0 saturated carbocycles. The maximum atomic E-state index is 12.0. The Morgan fingerprint density at radius 3 is 2.04 bits per heavy atom. The van der Waals surface area contributed by atoms with Crippen molar-refractivity contribution in [2.24, 2.45) is 0 Å². The van der Waals surface area contributed by atoms with E-state index in [9.17, 15) is 4.79 Å². The highest BCUT2D eigenvalue weighted by Crippen LogP contribution is 2.48. The van der Waals surface area contributed by atoms with Gasteiger partial charge in [-0.15, -0.1) is 0 Å². The highest BCUT2D eigenvalue weighted by molar-refractivity contribution is 6.55. The van der Waals surface area contributed by atoms with Crippen LogP contribution in [0.3, 0.4) is 0 Å². The molecule has 122 valence electrons. The predicted molar refractivity (Wildman–Crippen MR) is 96.8 cm³/mol. The molecule has 0 radical (unpaired) electrons. The van der Waals surface area contributed by atoms with Crippen molar-refractivity contribution in [3.8, 4) is 5.75 Å². The quantitative estimate of drug-likeness (QED) is 0.473. The van der Waals surface area contributed by atoms with Gasteiger partial charge in [0.1, 0.15) is 10.0 Å². The number of carbonyl (C=O) groups is 1. The van der Waals surface area contributed by atoms with Crippen LogP contribution < -0.4 is 10.1 Å². The average molecular weight is 414 g/mol. The minimum absolute atomic E-state index is 0.00485. The first-order chi connectivity index (χ1) is 10.8. The van der Waals surface area contributed by atoms with Crippen LogP contribution in [0.1, 0.15) is 5.56 Å². The molecule has 0 atom stereocenters. The second-order valence-corrected chi connectivity index (χ2v) is 6.44. The number of halogens is 5. The first-order valence-corrected chi connectivity index (χ1v) is 8.21. The maximum absolute atomic E-state index is 12.0. The van der Waals surface area contributed by atoms with Crippen LogP contribution in [0, 0.1) is 6.92 Å². The highest BCUT2D eigenvalue weighted by atomic mass is 35.5. The summed E-state index contributed by atoms with van der Waals surface area (Å²) in [5.74, 6) is -0.374. The third-order valence-corrected chi connectivity index (χ3v) is 5.18. The topological polar surface area (TPSA) is 38.3 Å². The smallest absolute Gasteiger partial charge is 0.262 e. The molecule has 0 aliphatic heterocycles. The minimum Gasteiger partial charge on any atom is -0.481 e. The molecule has 8 heteroatoms. The van der Waals surface area contributed by atoms with Crippen molar-refractivity contribution in [3.63, 3.8) is 0 Å². The first kappa shape index (κ1) is 18.5. The number of hydrogen-bond donors (Lipinski definition) is 1. The van der Waals surface area contributed by atoms with Gasteiger partial charge in [0.25, 0.3) is 5.91 Å². The van der Waals surface area contributed by atoms with Crippen LogP contribution in [-0.2, 0) is 4.79 Å². The standard InChI is InChI=1S/C15H10Cl5NO2/c1-7-4-2-3-5-8(7)21-9(22)6-23-15-13(19)11(17)10(16)12(18)14(15)20/h2-5H,6H2,1H3,(H,21,22). The summed E-state index contributed by atoms with van der Waals surface area (Å²) in [6.45, 7) is 1.56. The molecule has 0 aliphatic rings. The molecule has 3 nitrogen and oxygen atoms in total. The molecular weight excluding hydrogens is 403 g/mol. The molecule has 23 heavy (non-hydrogen) atoms. The van der Waals surface area contributed by atoms with Crippen LogP contribution in [0.15, 0.2) is 24.3 Å². The van der Waals surface area contributed by atoms with Gasteiger partial charge in [0.2, 0.25) is 0 Å². The Hall–Kier alpha value is -0.840. The molecule has 0 unspecified atom stereocenters. The monoisotopic (exact) mass is 411 g/mol. The third kappa shape index (κ3) is 4.17. The molecule has 0 spiro atoms. The molecule has 0 aliphatic carbocycles. The molecule has 0 fully saturated rings. The van der Waals surface area contributed by atoms with E-state index in [1.807, 2.05) is 25.1 Å². The van der Waals surface area contributed by atoms with E-state index in [1.165, 1.54) is 0 Å². The van der Waals surface area contributed by atoms with E-state index in [0.29, 0.717) is 5.69 Å². The largest absolute Gasteiger partial charge is 0.481 e. The number of nitrogens with one attached hydrogen (secondary N) is 1. The van der Waals surface area contributed by atoms with Gasteiger partial charge in [0.15, 0.2) is 12.4 Å². The van der Waals surface area contributed by atoms with Crippen LogP contribution in [0.25, 0.3) is 0 Å². The van der Waals surface area contributed by atoms with Crippen molar-refractivity contribution >= 4 is 69.6 Å². The lowest BCUT2D eigenvalue weighted by Gasteiger charge is -2.14. The van der Waals surface area contributed by atoms with Gasteiger partial charge in [-0.2, -0.15) is 0 Å². The van der Waals surface area contributed by atoms with Gasteiger partial charge in [0, 0.05) is 5.69 Å². The maximum Gasteiger partial charge on any atom is 0.262 e. The minimum atomic E-state index is -0.381. The Kier molecular flexibility index (Phi) is 6.29. The Labute approximate surface area is 158 Å². The van der Waals surface area contributed by atoms with Crippen LogP contribution >= 0.6 is 58.0 Å². The number of hydrogen-bond acceptors (Lipinski definition) is 2. The number of rotatable bonds is 4. The van der Waals surface area contributed by atoms with E-state index in [0.717, 1.165) is 5.56 Å². The molecule has 2 rings (SSSR count). The SMILES string of the molecule is Cc1ccccc1NC(=O)COc1c(Cl)c(Cl)c(Cl)c(Cl)c1Cl. The lowest BCUT2D eigenvalue weighted by molar-refractivity contribution is -0.118. The normalized spacial score (nSPS) is 10.5. The van der Waals surface area contributed by atoms with Crippen molar-refractivity contribution in [2.75, 3.05) is 11.9 Å². The molecule has 0 aromatic heterocycles. The summed E-state index contributed by atoms with van der Waals surface area (Å²) >= 11 is 29.8.